The highest BCUT2D eigenvalue weighted by Crippen LogP contribution is 2.35. The summed E-state index contributed by atoms with van der Waals surface area (Å²) in [6.07, 6.45) is 5.32. The number of halogens is 1. The summed E-state index contributed by atoms with van der Waals surface area (Å²) >= 11 is 1.59. The number of hydrogen-bond acceptors (Lipinski definition) is 5. The number of aryl methyl sites for hydroxylation is 1. The topological polar surface area (TPSA) is 70.6 Å². The summed E-state index contributed by atoms with van der Waals surface area (Å²) in [5, 5.41) is 0.860. The zero-order chi connectivity index (χ0) is 27.8. The Morgan fingerprint density at radius 1 is 0.975 bits per heavy atom. The van der Waals surface area contributed by atoms with Crippen LogP contribution in [-0.2, 0) is 9.59 Å². The van der Waals surface area contributed by atoms with Crippen molar-refractivity contribution in [3.05, 3.63) is 83.7 Å². The van der Waals surface area contributed by atoms with E-state index in [1.54, 1.807) is 29.5 Å². The average molecular weight is 556 g/mol. The van der Waals surface area contributed by atoms with Gasteiger partial charge in [0.25, 0.3) is 11.8 Å². The van der Waals surface area contributed by atoms with Crippen molar-refractivity contribution >= 4 is 45.0 Å². The van der Waals surface area contributed by atoms with Crippen LogP contribution in [0.25, 0.3) is 20.8 Å². The molecular formula is C32H30FN3O3S. The zero-order valence-electron chi connectivity index (χ0n) is 22.3. The molecule has 2 heterocycles. The minimum Gasteiger partial charge on any atom is -0.323 e. The first-order valence-corrected chi connectivity index (χ1v) is 14.6. The molecule has 1 saturated carbocycles. The quantitative estimate of drug-likeness (QED) is 0.198. The molecule has 6 rings (SSSR count). The van der Waals surface area contributed by atoms with Crippen molar-refractivity contribution in [3.63, 3.8) is 0 Å². The van der Waals surface area contributed by atoms with Crippen LogP contribution in [0.2, 0.25) is 0 Å². The van der Waals surface area contributed by atoms with Crippen LogP contribution in [0, 0.1) is 12.7 Å². The molecule has 1 aromatic heterocycles. The fourth-order valence-corrected chi connectivity index (χ4v) is 6.95. The molecule has 8 heteroatoms. The average Bonchev–Trinajstić information content (AvgIpc) is 3.37. The molecule has 1 atom stereocenters. The maximum atomic E-state index is 14.7. The van der Waals surface area contributed by atoms with Gasteiger partial charge in [-0.15, -0.1) is 11.3 Å². The van der Waals surface area contributed by atoms with E-state index in [1.165, 1.54) is 33.6 Å². The van der Waals surface area contributed by atoms with Gasteiger partial charge in [0.05, 0.1) is 27.9 Å². The number of anilines is 1. The summed E-state index contributed by atoms with van der Waals surface area (Å²) in [5.41, 5.74) is 3.39. The van der Waals surface area contributed by atoms with Gasteiger partial charge in [0.2, 0.25) is 5.91 Å². The third-order valence-corrected chi connectivity index (χ3v) is 9.00. The Morgan fingerprint density at radius 2 is 1.70 bits per heavy atom. The van der Waals surface area contributed by atoms with Gasteiger partial charge < -0.3 is 4.90 Å². The van der Waals surface area contributed by atoms with Crippen LogP contribution in [-0.4, -0.2) is 39.7 Å². The minimum atomic E-state index is -0.963. The number of rotatable bonds is 5. The van der Waals surface area contributed by atoms with Crippen molar-refractivity contribution in [3.8, 4) is 10.6 Å². The van der Waals surface area contributed by atoms with Gasteiger partial charge in [-0.2, -0.15) is 0 Å². The number of hydrogen-bond donors (Lipinski definition) is 0. The van der Waals surface area contributed by atoms with E-state index in [1.807, 2.05) is 31.2 Å². The van der Waals surface area contributed by atoms with Crippen LogP contribution < -0.4 is 4.90 Å². The number of aromatic nitrogens is 1. The van der Waals surface area contributed by atoms with E-state index in [0.29, 0.717) is 5.69 Å². The van der Waals surface area contributed by atoms with Crippen molar-refractivity contribution in [2.24, 2.45) is 0 Å². The largest absolute Gasteiger partial charge is 0.323 e. The van der Waals surface area contributed by atoms with E-state index in [9.17, 15) is 18.8 Å². The summed E-state index contributed by atoms with van der Waals surface area (Å²) in [6.45, 7) is 2.05. The summed E-state index contributed by atoms with van der Waals surface area (Å²) in [4.78, 5) is 48.3. The summed E-state index contributed by atoms with van der Waals surface area (Å²) in [7, 11) is 0. The first kappa shape index (κ1) is 26.3. The lowest BCUT2D eigenvalue weighted by Crippen LogP contribution is -2.51. The highest BCUT2D eigenvalue weighted by atomic mass is 32.1. The normalized spacial score (nSPS) is 18.4. The molecule has 1 unspecified atom stereocenters. The first-order chi connectivity index (χ1) is 19.4. The molecule has 0 N–H and O–H groups in total. The Labute approximate surface area is 236 Å². The van der Waals surface area contributed by atoms with Gasteiger partial charge in [0.15, 0.2) is 0 Å². The van der Waals surface area contributed by atoms with Crippen LogP contribution in [0.4, 0.5) is 10.1 Å². The smallest absolute Gasteiger partial charge is 0.257 e. The van der Waals surface area contributed by atoms with Crippen molar-refractivity contribution in [1.82, 2.24) is 9.88 Å². The lowest BCUT2D eigenvalue weighted by atomic mass is 10.0. The zero-order valence-corrected chi connectivity index (χ0v) is 23.1. The lowest BCUT2D eigenvalue weighted by Gasteiger charge is -2.35. The fraction of sp³-hybridized carbons (Fsp3) is 0.312. The van der Waals surface area contributed by atoms with E-state index >= 15 is 0 Å². The highest BCUT2D eigenvalue weighted by molar-refractivity contribution is 7.21. The molecule has 3 aromatic carbocycles. The van der Waals surface area contributed by atoms with Crippen LogP contribution in [0.1, 0.15) is 60.9 Å². The maximum Gasteiger partial charge on any atom is 0.257 e. The van der Waals surface area contributed by atoms with E-state index in [2.05, 4.69) is 6.07 Å². The molecule has 2 aliphatic rings. The van der Waals surface area contributed by atoms with Gasteiger partial charge in [-0.3, -0.25) is 14.4 Å². The number of benzene rings is 3. The molecule has 6 nitrogen and oxygen atoms in total. The number of amides is 3. The number of fused-ring (bicyclic) bond motifs is 1. The van der Waals surface area contributed by atoms with Gasteiger partial charge in [-0.1, -0.05) is 43.9 Å². The Kier molecular flexibility index (Phi) is 7.19. The van der Waals surface area contributed by atoms with Crippen molar-refractivity contribution in [2.75, 3.05) is 4.90 Å². The summed E-state index contributed by atoms with van der Waals surface area (Å²) < 4.78 is 15.8. The van der Waals surface area contributed by atoms with Crippen molar-refractivity contribution in [2.45, 2.75) is 64.0 Å². The van der Waals surface area contributed by atoms with Crippen LogP contribution in [0.3, 0.4) is 0 Å². The SMILES string of the molecule is Cc1ccc2nc(-c3ccc(N4C(=O)CC(N(C(=O)c5ccccc5F)C5CCCCCC5)C4=O)cc3)sc2c1. The van der Waals surface area contributed by atoms with Crippen LogP contribution in [0.15, 0.2) is 66.7 Å². The Bertz CT molecular complexity index is 1590. The Hall–Kier alpha value is -3.91. The van der Waals surface area contributed by atoms with E-state index < -0.39 is 23.7 Å². The molecule has 1 aliphatic carbocycles. The van der Waals surface area contributed by atoms with Gasteiger partial charge in [0.1, 0.15) is 16.9 Å². The summed E-state index contributed by atoms with van der Waals surface area (Å²) in [6, 6.07) is 18.0. The second kappa shape index (κ2) is 10.9. The summed E-state index contributed by atoms with van der Waals surface area (Å²) in [5.74, 6) is -1.96. The van der Waals surface area contributed by atoms with E-state index in [0.717, 1.165) is 59.3 Å². The third-order valence-electron chi connectivity index (χ3n) is 7.93. The van der Waals surface area contributed by atoms with Gasteiger partial charge >= 0.3 is 0 Å². The van der Waals surface area contributed by atoms with Crippen LogP contribution in [0.5, 0.6) is 0 Å². The van der Waals surface area contributed by atoms with Gasteiger partial charge in [-0.05, 0) is 73.9 Å². The number of carbonyl (C=O) groups excluding carboxylic acids is 3. The minimum absolute atomic E-state index is 0.0687. The predicted octanol–water partition coefficient (Wildman–Crippen LogP) is 6.91. The molecular weight excluding hydrogens is 525 g/mol. The number of imide groups is 1. The van der Waals surface area contributed by atoms with Crippen LogP contribution >= 0.6 is 11.3 Å². The molecule has 40 heavy (non-hydrogen) atoms. The van der Waals surface area contributed by atoms with E-state index in [4.69, 9.17) is 4.98 Å². The second-order valence-electron chi connectivity index (χ2n) is 10.7. The van der Waals surface area contributed by atoms with Crippen molar-refractivity contribution in [1.29, 1.82) is 0 Å². The standard InChI is InChI=1S/C32H30FN3O3S/c1-20-12-17-26-28(18-20)40-30(34-26)21-13-15-23(16-14-21)36-29(37)19-27(32(36)39)35(22-8-4-2-3-5-9-22)31(38)24-10-6-7-11-25(24)33/h6-7,10-18,22,27H,2-5,8-9,19H2,1H3. The molecule has 1 saturated heterocycles. The molecule has 2 fully saturated rings. The molecule has 0 spiro atoms. The molecule has 0 bridgehead atoms. The second-order valence-corrected chi connectivity index (χ2v) is 11.7. The van der Waals surface area contributed by atoms with Crippen molar-refractivity contribution < 1.29 is 18.8 Å². The molecule has 1 aliphatic heterocycles. The molecule has 0 radical (unpaired) electrons. The van der Waals surface area contributed by atoms with E-state index in [-0.39, 0.29) is 23.9 Å². The van der Waals surface area contributed by atoms with Gasteiger partial charge in [0, 0.05) is 11.6 Å². The Morgan fingerprint density at radius 3 is 2.42 bits per heavy atom. The Balaban J connectivity index is 1.29. The molecule has 4 aromatic rings. The molecule has 204 valence electrons. The lowest BCUT2D eigenvalue weighted by molar-refractivity contribution is -0.123. The number of nitrogens with zero attached hydrogens (tertiary/aromatic N) is 3. The molecule has 3 amide bonds. The predicted molar refractivity (Wildman–Crippen MR) is 155 cm³/mol. The number of carbonyl (C=O) groups is 3. The maximum absolute atomic E-state index is 14.7. The first-order valence-electron chi connectivity index (χ1n) is 13.8. The number of thiazole rings is 1. The highest BCUT2D eigenvalue weighted by Gasteiger charge is 2.47. The fourth-order valence-electron chi connectivity index (χ4n) is 5.88. The third kappa shape index (κ3) is 4.92. The van der Waals surface area contributed by atoms with Gasteiger partial charge in [-0.25, -0.2) is 14.3 Å². The monoisotopic (exact) mass is 555 g/mol.